The molecule has 0 radical (unpaired) electrons. The van der Waals surface area contributed by atoms with Gasteiger partial charge in [0.15, 0.2) is 0 Å². The number of nitrogens with one attached hydrogen (secondary N) is 1. The molecular weight excluding hydrogens is 162 g/mol. The first-order valence-electron chi connectivity index (χ1n) is 4.19. The van der Waals surface area contributed by atoms with E-state index in [0.29, 0.717) is 0 Å². The number of aliphatic hydroxyl groups is 1. The Balaban J connectivity index is 2.53. The molecule has 0 aliphatic heterocycles. The molecule has 1 heterocycles. The molecule has 66 valence electrons. The van der Waals surface area contributed by atoms with Crippen molar-refractivity contribution in [3.05, 3.63) is 48.7 Å². The van der Waals surface area contributed by atoms with Crippen molar-refractivity contribution in [2.75, 3.05) is 0 Å². The maximum absolute atomic E-state index is 9.50. The molecule has 0 saturated carbocycles. The number of aromatic nitrogens is 1. The lowest BCUT2D eigenvalue weighted by atomic mass is 10.1. The highest BCUT2D eigenvalue weighted by Crippen LogP contribution is 2.19. The number of hydrogen-bond acceptors (Lipinski definition) is 1. The van der Waals surface area contributed by atoms with Crippen LogP contribution in [0.4, 0.5) is 0 Å². The molecule has 0 spiro atoms. The van der Waals surface area contributed by atoms with Crippen molar-refractivity contribution in [1.82, 2.24) is 4.98 Å². The molecule has 1 aromatic heterocycles. The van der Waals surface area contributed by atoms with Gasteiger partial charge in [0.25, 0.3) is 0 Å². The molecule has 1 aromatic carbocycles. The van der Waals surface area contributed by atoms with Crippen molar-refractivity contribution in [3.63, 3.8) is 0 Å². The normalized spacial score (nSPS) is 13.0. The van der Waals surface area contributed by atoms with Crippen molar-refractivity contribution in [2.45, 2.75) is 6.10 Å². The van der Waals surface area contributed by atoms with E-state index in [2.05, 4.69) is 11.6 Å². The summed E-state index contributed by atoms with van der Waals surface area (Å²) in [5, 5.41) is 10.6. The number of H-pyrrole nitrogens is 1. The molecule has 0 amide bonds. The summed E-state index contributed by atoms with van der Waals surface area (Å²) < 4.78 is 0. The molecule has 0 saturated heterocycles. The third kappa shape index (κ3) is 1.36. The molecule has 1 atom stereocenters. The number of fused-ring (bicyclic) bond motifs is 1. The molecule has 0 bridgehead atoms. The molecule has 0 aliphatic rings. The van der Waals surface area contributed by atoms with Gasteiger partial charge in [0.2, 0.25) is 0 Å². The predicted molar refractivity (Wildman–Crippen MR) is 53.5 cm³/mol. The minimum atomic E-state index is -0.570. The van der Waals surface area contributed by atoms with Gasteiger partial charge in [-0.3, -0.25) is 0 Å². The summed E-state index contributed by atoms with van der Waals surface area (Å²) in [4.78, 5) is 3.10. The fourth-order valence-corrected chi connectivity index (χ4v) is 1.39. The van der Waals surface area contributed by atoms with Crippen LogP contribution >= 0.6 is 0 Å². The van der Waals surface area contributed by atoms with E-state index in [1.54, 1.807) is 0 Å². The summed E-state index contributed by atoms with van der Waals surface area (Å²) in [5.74, 6) is 0. The average molecular weight is 173 g/mol. The van der Waals surface area contributed by atoms with Crippen LogP contribution in [0.5, 0.6) is 0 Å². The fraction of sp³-hybridized carbons (Fsp3) is 0.0909. The number of aromatic amines is 1. The van der Waals surface area contributed by atoms with Gasteiger partial charge < -0.3 is 10.1 Å². The number of benzene rings is 1. The van der Waals surface area contributed by atoms with Gasteiger partial charge in [-0.1, -0.05) is 12.1 Å². The first kappa shape index (κ1) is 8.08. The van der Waals surface area contributed by atoms with Crippen LogP contribution < -0.4 is 0 Å². The van der Waals surface area contributed by atoms with Crippen LogP contribution in [0.25, 0.3) is 10.9 Å². The molecule has 0 fully saturated rings. The standard InChI is InChI=1S/C11H11NO/c1-2-11(13)9-3-4-10-8(7-9)5-6-12-10/h2-7,11-13H,1H2. The molecule has 2 aromatic rings. The molecule has 2 heteroatoms. The van der Waals surface area contributed by atoms with E-state index < -0.39 is 6.10 Å². The second-order valence-electron chi connectivity index (χ2n) is 3.00. The van der Waals surface area contributed by atoms with Crippen molar-refractivity contribution in [3.8, 4) is 0 Å². The van der Waals surface area contributed by atoms with E-state index in [1.165, 1.54) is 6.08 Å². The third-order valence-corrected chi connectivity index (χ3v) is 2.14. The van der Waals surface area contributed by atoms with Gasteiger partial charge >= 0.3 is 0 Å². The minimum absolute atomic E-state index is 0.570. The summed E-state index contributed by atoms with van der Waals surface area (Å²) in [6, 6.07) is 7.79. The number of aliphatic hydroxyl groups excluding tert-OH is 1. The highest BCUT2D eigenvalue weighted by atomic mass is 16.3. The lowest BCUT2D eigenvalue weighted by molar-refractivity contribution is 0.229. The lowest BCUT2D eigenvalue weighted by Crippen LogP contribution is -1.91. The molecule has 2 nitrogen and oxygen atoms in total. The van der Waals surface area contributed by atoms with Gasteiger partial charge in [-0.05, 0) is 29.1 Å². The van der Waals surface area contributed by atoms with Crippen LogP contribution in [-0.4, -0.2) is 10.1 Å². The third-order valence-electron chi connectivity index (χ3n) is 2.14. The Kier molecular flexibility index (Phi) is 1.91. The Morgan fingerprint density at radius 2 is 2.23 bits per heavy atom. The van der Waals surface area contributed by atoms with Gasteiger partial charge in [0.05, 0.1) is 6.10 Å². The highest BCUT2D eigenvalue weighted by Gasteiger charge is 2.03. The largest absolute Gasteiger partial charge is 0.384 e. The summed E-state index contributed by atoms with van der Waals surface area (Å²) in [5.41, 5.74) is 1.96. The van der Waals surface area contributed by atoms with Crippen molar-refractivity contribution in [1.29, 1.82) is 0 Å². The van der Waals surface area contributed by atoms with E-state index >= 15 is 0 Å². The molecule has 0 aliphatic carbocycles. The Morgan fingerprint density at radius 3 is 3.00 bits per heavy atom. The molecule has 1 unspecified atom stereocenters. The zero-order chi connectivity index (χ0) is 9.26. The number of hydrogen-bond donors (Lipinski definition) is 2. The van der Waals surface area contributed by atoms with Gasteiger partial charge in [-0.15, -0.1) is 6.58 Å². The smallest absolute Gasteiger partial charge is 0.0969 e. The van der Waals surface area contributed by atoms with Crippen molar-refractivity contribution < 1.29 is 5.11 Å². The molecular formula is C11H11NO. The fourth-order valence-electron chi connectivity index (χ4n) is 1.39. The van der Waals surface area contributed by atoms with Gasteiger partial charge in [0, 0.05) is 11.7 Å². The maximum Gasteiger partial charge on any atom is 0.0969 e. The van der Waals surface area contributed by atoms with Gasteiger partial charge in [-0.25, -0.2) is 0 Å². The van der Waals surface area contributed by atoms with Crippen LogP contribution in [0.2, 0.25) is 0 Å². The summed E-state index contributed by atoms with van der Waals surface area (Å²) in [6.07, 6.45) is 2.84. The predicted octanol–water partition coefficient (Wildman–Crippen LogP) is 2.39. The molecule has 2 rings (SSSR count). The van der Waals surface area contributed by atoms with Crippen molar-refractivity contribution in [2.24, 2.45) is 0 Å². The van der Waals surface area contributed by atoms with E-state index in [4.69, 9.17) is 0 Å². The van der Waals surface area contributed by atoms with Crippen molar-refractivity contribution >= 4 is 10.9 Å². The van der Waals surface area contributed by atoms with E-state index in [1.807, 2.05) is 30.5 Å². The van der Waals surface area contributed by atoms with Crippen LogP contribution in [0.1, 0.15) is 11.7 Å². The van der Waals surface area contributed by atoms with E-state index in [-0.39, 0.29) is 0 Å². The SMILES string of the molecule is C=CC(O)c1ccc2[nH]ccc2c1. The Hall–Kier alpha value is -1.54. The first-order valence-corrected chi connectivity index (χ1v) is 4.19. The van der Waals surface area contributed by atoms with E-state index in [0.717, 1.165) is 16.5 Å². The second kappa shape index (κ2) is 3.07. The van der Waals surface area contributed by atoms with Gasteiger partial charge in [0.1, 0.15) is 0 Å². The highest BCUT2D eigenvalue weighted by molar-refractivity contribution is 5.80. The summed E-state index contributed by atoms with van der Waals surface area (Å²) >= 11 is 0. The Labute approximate surface area is 76.5 Å². The lowest BCUT2D eigenvalue weighted by Gasteiger charge is -2.04. The Bertz CT molecular complexity index is 430. The first-order chi connectivity index (χ1) is 6.31. The van der Waals surface area contributed by atoms with Crippen LogP contribution in [0, 0.1) is 0 Å². The number of rotatable bonds is 2. The summed E-state index contributed by atoms with van der Waals surface area (Å²) in [6.45, 7) is 3.55. The van der Waals surface area contributed by atoms with Crippen LogP contribution in [0.3, 0.4) is 0 Å². The maximum atomic E-state index is 9.50. The Morgan fingerprint density at radius 1 is 1.38 bits per heavy atom. The molecule has 2 N–H and O–H groups in total. The second-order valence-corrected chi connectivity index (χ2v) is 3.00. The van der Waals surface area contributed by atoms with Crippen LogP contribution in [0.15, 0.2) is 43.1 Å². The molecule has 13 heavy (non-hydrogen) atoms. The minimum Gasteiger partial charge on any atom is -0.384 e. The van der Waals surface area contributed by atoms with Gasteiger partial charge in [-0.2, -0.15) is 0 Å². The zero-order valence-corrected chi connectivity index (χ0v) is 7.20. The van der Waals surface area contributed by atoms with E-state index in [9.17, 15) is 5.11 Å². The topological polar surface area (TPSA) is 36.0 Å². The van der Waals surface area contributed by atoms with Crippen LogP contribution in [-0.2, 0) is 0 Å². The quantitative estimate of drug-likeness (QED) is 0.672. The zero-order valence-electron chi connectivity index (χ0n) is 7.20. The summed E-state index contributed by atoms with van der Waals surface area (Å²) in [7, 11) is 0. The monoisotopic (exact) mass is 173 g/mol. The average Bonchev–Trinajstić information content (AvgIpc) is 2.63.